The second-order valence-electron chi connectivity index (χ2n) is 5.44. The number of carbonyl (C=O) groups is 3. The fraction of sp³-hybridized carbons (Fsp3) is 0.211. The minimum atomic E-state index is -2.20. The minimum absolute atomic E-state index is 0.0287. The maximum atomic E-state index is 12.5. The Kier molecular flexibility index (Phi) is 8.31. The summed E-state index contributed by atoms with van der Waals surface area (Å²) < 4.78 is 33.7. The first-order valence-corrected chi connectivity index (χ1v) is 9.38. The number of nitrogens with one attached hydrogen (secondary N) is 1. The van der Waals surface area contributed by atoms with Crippen molar-refractivity contribution in [1.29, 1.82) is 0 Å². The normalized spacial score (nSPS) is 11.2. The van der Waals surface area contributed by atoms with Crippen molar-refractivity contribution in [2.24, 2.45) is 0 Å². The lowest BCUT2D eigenvalue weighted by atomic mass is 10.0. The molecule has 0 saturated heterocycles. The molecule has 1 amide bonds. The second kappa shape index (κ2) is 10.9. The largest absolute Gasteiger partial charge is 0.465 e. The molecule has 10 heteroatoms. The third-order valence-corrected chi connectivity index (χ3v) is 4.21. The van der Waals surface area contributed by atoms with Gasteiger partial charge < -0.3 is 18.4 Å². The van der Waals surface area contributed by atoms with Crippen LogP contribution in [-0.2, 0) is 25.5 Å². The number of hydrogen-bond donors (Lipinski definition) is 1. The van der Waals surface area contributed by atoms with Crippen LogP contribution < -0.4 is 8.91 Å². The lowest BCUT2D eigenvalue weighted by molar-refractivity contribution is 0.0388. The van der Waals surface area contributed by atoms with Crippen molar-refractivity contribution in [3.05, 3.63) is 65.2 Å². The summed E-state index contributed by atoms with van der Waals surface area (Å²) in [6.07, 6.45) is 0. The topological polar surface area (TPSA) is 117 Å². The van der Waals surface area contributed by atoms with Crippen LogP contribution in [0, 0.1) is 0 Å². The third-order valence-electron chi connectivity index (χ3n) is 3.52. The van der Waals surface area contributed by atoms with Crippen LogP contribution in [0.1, 0.15) is 31.1 Å². The molecular formula is C19H19NO8S. The first-order valence-electron chi connectivity index (χ1n) is 8.30. The molecule has 1 unspecified atom stereocenters. The van der Waals surface area contributed by atoms with Gasteiger partial charge in [-0.1, -0.05) is 18.2 Å². The average molecular weight is 421 g/mol. The quantitative estimate of drug-likeness (QED) is 0.480. The molecule has 1 atom stereocenters. The molecule has 0 bridgehead atoms. The number of amides is 1. The van der Waals surface area contributed by atoms with Gasteiger partial charge in [0.25, 0.3) is 5.91 Å². The molecule has 2 aromatic carbocycles. The van der Waals surface area contributed by atoms with E-state index in [4.69, 9.17) is 13.7 Å². The van der Waals surface area contributed by atoms with Gasteiger partial charge in [0.1, 0.15) is 12.4 Å². The molecule has 0 aromatic heterocycles. The van der Waals surface area contributed by atoms with Gasteiger partial charge in [-0.05, 0) is 30.3 Å². The summed E-state index contributed by atoms with van der Waals surface area (Å²) in [7, 11) is 2.59. The van der Waals surface area contributed by atoms with Crippen molar-refractivity contribution in [3.8, 4) is 5.75 Å². The summed E-state index contributed by atoms with van der Waals surface area (Å²) in [4.78, 5) is 36.6. The van der Waals surface area contributed by atoms with Crippen LogP contribution in [-0.4, -0.2) is 49.5 Å². The number of methoxy groups -OCH3 is 2. The zero-order valence-electron chi connectivity index (χ0n) is 15.7. The average Bonchev–Trinajstić information content (AvgIpc) is 2.73. The summed E-state index contributed by atoms with van der Waals surface area (Å²) >= 11 is -2.20. The molecule has 9 nitrogen and oxygen atoms in total. The molecule has 0 aliphatic rings. The predicted molar refractivity (Wildman–Crippen MR) is 103 cm³/mol. The van der Waals surface area contributed by atoms with Crippen LogP contribution in [0.4, 0.5) is 0 Å². The molecule has 1 N–H and O–H groups in total. The highest BCUT2D eigenvalue weighted by atomic mass is 32.2. The minimum Gasteiger partial charge on any atom is -0.465 e. The highest BCUT2D eigenvalue weighted by Crippen LogP contribution is 2.16. The summed E-state index contributed by atoms with van der Waals surface area (Å²) in [6.45, 7) is 0.240. The van der Waals surface area contributed by atoms with E-state index in [9.17, 15) is 18.6 Å². The molecule has 2 aromatic rings. The van der Waals surface area contributed by atoms with Gasteiger partial charge in [0.15, 0.2) is 0 Å². The second-order valence-corrected chi connectivity index (χ2v) is 6.28. The smallest absolute Gasteiger partial charge is 0.338 e. The third kappa shape index (κ3) is 6.40. The van der Waals surface area contributed by atoms with Crippen LogP contribution in [0.15, 0.2) is 48.5 Å². The predicted octanol–water partition coefficient (Wildman–Crippen LogP) is 1.66. The number of esters is 2. The highest BCUT2D eigenvalue weighted by molar-refractivity contribution is 7.79. The molecule has 2 rings (SSSR count). The molecule has 0 aliphatic heterocycles. The number of carbonyl (C=O) groups excluding carboxylic acids is 3. The maximum Gasteiger partial charge on any atom is 0.338 e. The van der Waals surface area contributed by atoms with E-state index in [1.807, 2.05) is 0 Å². The molecule has 154 valence electrons. The monoisotopic (exact) mass is 421 g/mol. The Balaban J connectivity index is 2.17. The number of rotatable bonds is 9. The van der Waals surface area contributed by atoms with Crippen LogP contribution in [0.2, 0.25) is 0 Å². The summed E-state index contributed by atoms with van der Waals surface area (Å²) in [6, 6.07) is 11.9. The van der Waals surface area contributed by atoms with E-state index in [1.54, 1.807) is 30.3 Å². The number of ether oxygens (including phenoxy) is 3. The van der Waals surface area contributed by atoms with E-state index in [-0.39, 0.29) is 35.7 Å². The molecular weight excluding hydrogens is 402 g/mol. The molecule has 0 fully saturated rings. The van der Waals surface area contributed by atoms with Crippen LogP contribution in [0.3, 0.4) is 0 Å². The Morgan fingerprint density at radius 1 is 0.931 bits per heavy atom. The van der Waals surface area contributed by atoms with Gasteiger partial charge in [-0.2, -0.15) is 4.21 Å². The summed E-state index contributed by atoms with van der Waals surface area (Å²) in [5, 5.41) is 0. The molecule has 0 heterocycles. The van der Waals surface area contributed by atoms with Crippen molar-refractivity contribution in [3.63, 3.8) is 0 Å². The Morgan fingerprint density at radius 3 is 2.31 bits per heavy atom. The Hall–Kier alpha value is -3.24. The fourth-order valence-corrected chi connectivity index (χ4v) is 2.75. The van der Waals surface area contributed by atoms with E-state index in [0.29, 0.717) is 0 Å². The number of para-hydroxylation sites is 1. The van der Waals surface area contributed by atoms with E-state index in [0.717, 1.165) is 13.2 Å². The van der Waals surface area contributed by atoms with Crippen LogP contribution in [0.5, 0.6) is 5.75 Å². The molecule has 29 heavy (non-hydrogen) atoms. The van der Waals surface area contributed by atoms with Crippen LogP contribution in [0.25, 0.3) is 0 Å². The maximum absolute atomic E-state index is 12.5. The van der Waals surface area contributed by atoms with Gasteiger partial charge in [-0.25, -0.2) is 14.3 Å². The van der Waals surface area contributed by atoms with Crippen molar-refractivity contribution >= 4 is 29.1 Å². The lowest BCUT2D eigenvalue weighted by Gasteiger charge is -2.11. The van der Waals surface area contributed by atoms with Gasteiger partial charge >= 0.3 is 23.2 Å². The zero-order chi connectivity index (χ0) is 21.2. The Morgan fingerprint density at radius 2 is 1.66 bits per heavy atom. The molecule has 0 aliphatic carbocycles. The van der Waals surface area contributed by atoms with Crippen LogP contribution >= 0.6 is 0 Å². The standard InChI is InChI=1S/C19H19NO8S/c1-25-10-11-27-18(22)13-8-9-15(16(12-13)19(23)26-2)17(21)20-29(24)28-14-6-4-3-5-7-14/h3-9,12H,10-11H2,1-2H3,(H,20,21). The Bertz CT molecular complexity index is 900. The van der Waals surface area contributed by atoms with Crippen molar-refractivity contribution in [1.82, 2.24) is 4.72 Å². The van der Waals surface area contributed by atoms with E-state index >= 15 is 0 Å². The number of hydrogen-bond acceptors (Lipinski definition) is 8. The van der Waals surface area contributed by atoms with E-state index < -0.39 is 29.1 Å². The van der Waals surface area contributed by atoms with Gasteiger partial charge in [-0.3, -0.25) is 4.79 Å². The summed E-state index contributed by atoms with van der Waals surface area (Å²) in [5.74, 6) is -2.11. The summed E-state index contributed by atoms with van der Waals surface area (Å²) in [5.41, 5.74) is -0.294. The fourth-order valence-electron chi connectivity index (χ4n) is 2.16. The molecule has 0 saturated carbocycles. The molecule has 0 radical (unpaired) electrons. The van der Waals surface area contributed by atoms with Crippen molar-refractivity contribution < 1.29 is 37.0 Å². The SMILES string of the molecule is COCCOC(=O)c1ccc(C(=O)NS(=O)Oc2ccccc2)c(C(=O)OC)c1. The zero-order valence-corrected chi connectivity index (χ0v) is 16.5. The van der Waals surface area contributed by atoms with Crippen molar-refractivity contribution in [2.45, 2.75) is 0 Å². The van der Waals surface area contributed by atoms with E-state index in [2.05, 4.69) is 9.46 Å². The highest BCUT2D eigenvalue weighted by Gasteiger charge is 2.22. The molecule has 0 spiro atoms. The Labute approximate surface area is 169 Å². The first kappa shape index (κ1) is 22.1. The number of benzene rings is 2. The lowest BCUT2D eigenvalue weighted by Crippen LogP contribution is -2.30. The van der Waals surface area contributed by atoms with Gasteiger partial charge in [0.2, 0.25) is 0 Å². The van der Waals surface area contributed by atoms with Crippen molar-refractivity contribution in [2.75, 3.05) is 27.4 Å². The van der Waals surface area contributed by atoms with Gasteiger partial charge in [0, 0.05) is 7.11 Å². The van der Waals surface area contributed by atoms with Gasteiger partial charge in [0.05, 0.1) is 30.4 Å². The van der Waals surface area contributed by atoms with E-state index in [1.165, 1.54) is 19.2 Å². The first-order chi connectivity index (χ1) is 14.0. The van der Waals surface area contributed by atoms with Gasteiger partial charge in [-0.15, -0.1) is 0 Å².